The third kappa shape index (κ3) is 2.59. The molecule has 3 N–H and O–H groups in total. The minimum absolute atomic E-state index is 0.0173. The first-order chi connectivity index (χ1) is 10.1. The first-order valence-corrected chi connectivity index (χ1v) is 7.07. The van der Waals surface area contributed by atoms with E-state index in [0.29, 0.717) is 22.7 Å². The zero-order chi connectivity index (χ0) is 15.0. The van der Waals surface area contributed by atoms with Crippen LogP contribution in [0.5, 0.6) is 0 Å². The van der Waals surface area contributed by atoms with Crippen LogP contribution >= 0.6 is 11.6 Å². The number of anilines is 1. The fraction of sp³-hybridized carbons (Fsp3) is 0.188. The SMILES string of the molecule is NC(=O)c1ccc(Cl)c(NC2CCc3c(F)cccc32)c1. The summed E-state index contributed by atoms with van der Waals surface area (Å²) in [7, 11) is 0. The molecule has 1 unspecified atom stereocenters. The molecular formula is C16H14ClFN2O. The summed E-state index contributed by atoms with van der Waals surface area (Å²) in [6.45, 7) is 0. The number of nitrogens with two attached hydrogens (primary N) is 1. The molecule has 3 rings (SSSR count). The van der Waals surface area contributed by atoms with Crippen molar-refractivity contribution >= 4 is 23.2 Å². The van der Waals surface area contributed by atoms with Crippen molar-refractivity contribution < 1.29 is 9.18 Å². The smallest absolute Gasteiger partial charge is 0.248 e. The minimum Gasteiger partial charge on any atom is -0.377 e. The lowest BCUT2D eigenvalue weighted by Gasteiger charge is -2.17. The van der Waals surface area contributed by atoms with Crippen LogP contribution in [0.3, 0.4) is 0 Å². The third-order valence-corrected chi connectivity index (χ3v) is 4.12. The maximum Gasteiger partial charge on any atom is 0.248 e. The lowest BCUT2D eigenvalue weighted by atomic mass is 10.1. The Kier molecular flexibility index (Phi) is 3.55. The van der Waals surface area contributed by atoms with E-state index in [1.807, 2.05) is 6.07 Å². The summed E-state index contributed by atoms with van der Waals surface area (Å²) < 4.78 is 13.7. The monoisotopic (exact) mass is 304 g/mol. The number of benzene rings is 2. The quantitative estimate of drug-likeness (QED) is 0.909. The number of primary amides is 1. The van der Waals surface area contributed by atoms with E-state index in [1.54, 1.807) is 24.3 Å². The molecule has 21 heavy (non-hydrogen) atoms. The second-order valence-electron chi connectivity index (χ2n) is 5.10. The molecule has 1 aliphatic rings. The third-order valence-electron chi connectivity index (χ3n) is 3.79. The molecule has 0 saturated heterocycles. The van der Waals surface area contributed by atoms with Gasteiger partial charge < -0.3 is 11.1 Å². The molecule has 0 aliphatic heterocycles. The average Bonchev–Trinajstić information content (AvgIpc) is 2.86. The Balaban J connectivity index is 1.91. The number of hydrogen-bond acceptors (Lipinski definition) is 2. The van der Waals surface area contributed by atoms with Crippen molar-refractivity contribution in [2.24, 2.45) is 5.73 Å². The van der Waals surface area contributed by atoms with Crippen molar-refractivity contribution in [2.45, 2.75) is 18.9 Å². The molecule has 1 atom stereocenters. The second-order valence-corrected chi connectivity index (χ2v) is 5.51. The standard InChI is InChI=1S/C16H14ClFN2O/c17-12-6-4-9(16(19)21)8-15(12)20-14-7-5-10-11(14)2-1-3-13(10)18/h1-4,6,8,14,20H,5,7H2,(H2,19,21). The Morgan fingerprint density at radius 1 is 1.33 bits per heavy atom. The number of halogens is 2. The molecule has 3 nitrogen and oxygen atoms in total. The van der Waals surface area contributed by atoms with Gasteiger partial charge in [-0.05, 0) is 48.2 Å². The maximum absolute atomic E-state index is 13.7. The van der Waals surface area contributed by atoms with Gasteiger partial charge in [-0.2, -0.15) is 0 Å². The van der Waals surface area contributed by atoms with Crippen LogP contribution in [0, 0.1) is 5.82 Å². The number of nitrogens with one attached hydrogen (secondary N) is 1. The molecule has 0 bridgehead atoms. The van der Waals surface area contributed by atoms with Crippen molar-refractivity contribution in [3.8, 4) is 0 Å². The summed E-state index contributed by atoms with van der Waals surface area (Å²) in [5.41, 5.74) is 7.99. The van der Waals surface area contributed by atoms with E-state index in [2.05, 4.69) is 5.32 Å². The van der Waals surface area contributed by atoms with Crippen LogP contribution in [-0.2, 0) is 6.42 Å². The topological polar surface area (TPSA) is 55.1 Å². The molecular weight excluding hydrogens is 291 g/mol. The number of rotatable bonds is 3. The van der Waals surface area contributed by atoms with E-state index >= 15 is 0 Å². The molecule has 108 valence electrons. The highest BCUT2D eigenvalue weighted by Crippen LogP contribution is 2.36. The molecule has 2 aromatic carbocycles. The zero-order valence-corrected chi connectivity index (χ0v) is 12.0. The molecule has 2 aromatic rings. The fourth-order valence-corrected chi connectivity index (χ4v) is 2.91. The Labute approximate surface area is 126 Å². The van der Waals surface area contributed by atoms with Gasteiger partial charge in [-0.25, -0.2) is 4.39 Å². The van der Waals surface area contributed by atoms with Gasteiger partial charge >= 0.3 is 0 Å². The summed E-state index contributed by atoms with van der Waals surface area (Å²) in [5.74, 6) is -0.679. The number of carbonyl (C=O) groups is 1. The summed E-state index contributed by atoms with van der Waals surface area (Å²) in [6, 6.07) is 9.91. The molecule has 0 heterocycles. The van der Waals surface area contributed by atoms with E-state index in [4.69, 9.17) is 17.3 Å². The highest BCUT2D eigenvalue weighted by molar-refractivity contribution is 6.33. The van der Waals surface area contributed by atoms with Gasteiger partial charge in [-0.15, -0.1) is 0 Å². The Hall–Kier alpha value is -2.07. The average molecular weight is 305 g/mol. The lowest BCUT2D eigenvalue weighted by Crippen LogP contribution is -2.12. The minimum atomic E-state index is -0.507. The zero-order valence-electron chi connectivity index (χ0n) is 11.2. The van der Waals surface area contributed by atoms with Gasteiger partial charge in [0.05, 0.1) is 16.8 Å². The van der Waals surface area contributed by atoms with Crippen LogP contribution < -0.4 is 11.1 Å². The van der Waals surface area contributed by atoms with Gasteiger partial charge in [-0.1, -0.05) is 23.7 Å². The highest BCUT2D eigenvalue weighted by Gasteiger charge is 2.25. The Morgan fingerprint density at radius 3 is 2.90 bits per heavy atom. The van der Waals surface area contributed by atoms with Crippen molar-refractivity contribution in [1.29, 1.82) is 0 Å². The van der Waals surface area contributed by atoms with Gasteiger partial charge in [0.25, 0.3) is 0 Å². The number of amides is 1. The van der Waals surface area contributed by atoms with Crippen molar-refractivity contribution in [1.82, 2.24) is 0 Å². The molecule has 5 heteroatoms. The normalized spacial score (nSPS) is 16.6. The summed E-state index contributed by atoms with van der Waals surface area (Å²) in [6.07, 6.45) is 1.47. The Bertz CT molecular complexity index is 717. The van der Waals surface area contributed by atoms with Gasteiger partial charge in [0.1, 0.15) is 5.82 Å². The predicted octanol–water partition coefficient (Wildman–Crippen LogP) is 3.68. The predicted molar refractivity (Wildman–Crippen MR) is 81.1 cm³/mol. The molecule has 0 fully saturated rings. The van der Waals surface area contributed by atoms with Crippen LogP contribution in [-0.4, -0.2) is 5.91 Å². The summed E-state index contributed by atoms with van der Waals surface area (Å²) in [5, 5.41) is 3.79. The maximum atomic E-state index is 13.7. The molecule has 0 radical (unpaired) electrons. The number of hydrogen-bond donors (Lipinski definition) is 2. The molecule has 1 aliphatic carbocycles. The second kappa shape index (κ2) is 5.37. The largest absolute Gasteiger partial charge is 0.377 e. The van der Waals surface area contributed by atoms with Crippen molar-refractivity contribution in [2.75, 3.05) is 5.32 Å². The summed E-state index contributed by atoms with van der Waals surface area (Å²) in [4.78, 5) is 11.2. The van der Waals surface area contributed by atoms with Gasteiger partial charge in [0, 0.05) is 5.56 Å². The lowest BCUT2D eigenvalue weighted by molar-refractivity contribution is 0.100. The first-order valence-electron chi connectivity index (χ1n) is 6.69. The molecule has 0 aromatic heterocycles. The van der Waals surface area contributed by atoms with Crippen molar-refractivity contribution in [3.63, 3.8) is 0 Å². The van der Waals surface area contributed by atoms with Crippen molar-refractivity contribution in [3.05, 3.63) is 63.9 Å². The first kappa shape index (κ1) is 13.9. The van der Waals surface area contributed by atoms with Crippen LogP contribution in [0.4, 0.5) is 10.1 Å². The van der Waals surface area contributed by atoms with E-state index < -0.39 is 5.91 Å². The van der Waals surface area contributed by atoms with Crippen LogP contribution in [0.25, 0.3) is 0 Å². The van der Waals surface area contributed by atoms with E-state index in [1.165, 1.54) is 6.07 Å². The van der Waals surface area contributed by atoms with Crippen LogP contribution in [0.2, 0.25) is 5.02 Å². The van der Waals surface area contributed by atoms with Crippen LogP contribution in [0.1, 0.15) is 33.9 Å². The van der Waals surface area contributed by atoms with Gasteiger partial charge in [0.2, 0.25) is 5.91 Å². The van der Waals surface area contributed by atoms with Crippen LogP contribution in [0.15, 0.2) is 36.4 Å². The van der Waals surface area contributed by atoms with E-state index in [9.17, 15) is 9.18 Å². The van der Waals surface area contributed by atoms with Gasteiger partial charge in [0.15, 0.2) is 0 Å². The molecule has 0 spiro atoms. The molecule has 0 saturated carbocycles. The highest BCUT2D eigenvalue weighted by atomic mass is 35.5. The number of carbonyl (C=O) groups excluding carboxylic acids is 1. The summed E-state index contributed by atoms with van der Waals surface area (Å²) >= 11 is 6.15. The number of fused-ring (bicyclic) bond motifs is 1. The van der Waals surface area contributed by atoms with E-state index in [-0.39, 0.29) is 11.9 Å². The van der Waals surface area contributed by atoms with Gasteiger partial charge in [-0.3, -0.25) is 4.79 Å². The van der Waals surface area contributed by atoms with E-state index in [0.717, 1.165) is 17.5 Å². The fourth-order valence-electron chi connectivity index (χ4n) is 2.74. The molecule has 1 amide bonds. The Morgan fingerprint density at radius 2 is 2.14 bits per heavy atom.